The summed E-state index contributed by atoms with van der Waals surface area (Å²) in [6.45, 7) is 5.66. The Balaban J connectivity index is 3.20. The van der Waals surface area contributed by atoms with Crippen molar-refractivity contribution in [2.75, 3.05) is 11.9 Å². The van der Waals surface area contributed by atoms with Gasteiger partial charge in [0.05, 0.1) is 24.4 Å². The SMILES string of the molecule is CC(C)c1ncc(N(C)C(C)CC#N)c(C(=O)O)n1. The van der Waals surface area contributed by atoms with E-state index >= 15 is 0 Å². The molecule has 0 fully saturated rings. The van der Waals surface area contributed by atoms with Gasteiger partial charge in [0.2, 0.25) is 0 Å². The van der Waals surface area contributed by atoms with Gasteiger partial charge in [-0.05, 0) is 6.92 Å². The van der Waals surface area contributed by atoms with E-state index in [1.165, 1.54) is 6.20 Å². The normalized spacial score (nSPS) is 12.0. The highest BCUT2D eigenvalue weighted by atomic mass is 16.4. The molecule has 0 aromatic carbocycles. The van der Waals surface area contributed by atoms with E-state index in [-0.39, 0.29) is 17.7 Å². The van der Waals surface area contributed by atoms with E-state index in [9.17, 15) is 9.90 Å². The second kappa shape index (κ2) is 6.14. The highest BCUT2D eigenvalue weighted by molar-refractivity contribution is 5.92. The molecule has 0 spiro atoms. The van der Waals surface area contributed by atoms with Crippen molar-refractivity contribution in [3.63, 3.8) is 0 Å². The Labute approximate surface area is 112 Å². The Morgan fingerprint density at radius 2 is 2.16 bits per heavy atom. The molecule has 1 rings (SSSR count). The lowest BCUT2D eigenvalue weighted by Gasteiger charge is -2.26. The maximum Gasteiger partial charge on any atom is 0.356 e. The summed E-state index contributed by atoms with van der Waals surface area (Å²) in [5.74, 6) is -0.521. The van der Waals surface area contributed by atoms with Crippen molar-refractivity contribution in [1.82, 2.24) is 9.97 Å². The Bertz CT molecular complexity index is 508. The molecular weight excluding hydrogens is 244 g/mol. The van der Waals surface area contributed by atoms with Crippen molar-refractivity contribution in [3.8, 4) is 6.07 Å². The van der Waals surface area contributed by atoms with Gasteiger partial charge in [0.1, 0.15) is 5.82 Å². The van der Waals surface area contributed by atoms with Crippen LogP contribution in [-0.2, 0) is 0 Å². The molecule has 102 valence electrons. The Morgan fingerprint density at radius 3 is 2.63 bits per heavy atom. The highest BCUT2D eigenvalue weighted by Crippen LogP contribution is 2.22. The smallest absolute Gasteiger partial charge is 0.356 e. The lowest BCUT2D eigenvalue weighted by Crippen LogP contribution is -2.30. The number of carbonyl (C=O) groups is 1. The first kappa shape index (κ1) is 14.9. The summed E-state index contributed by atoms with van der Waals surface area (Å²) in [6.07, 6.45) is 1.82. The molecule has 1 heterocycles. The number of carboxylic acids is 1. The van der Waals surface area contributed by atoms with Crippen LogP contribution in [0.4, 0.5) is 5.69 Å². The summed E-state index contributed by atoms with van der Waals surface area (Å²) in [6, 6.07) is 1.97. The van der Waals surface area contributed by atoms with Crippen molar-refractivity contribution in [1.29, 1.82) is 5.26 Å². The number of carboxylic acid groups (broad SMARTS) is 1. The van der Waals surface area contributed by atoms with Crippen LogP contribution in [0.2, 0.25) is 0 Å². The van der Waals surface area contributed by atoms with Crippen molar-refractivity contribution < 1.29 is 9.90 Å². The molecule has 1 atom stereocenters. The summed E-state index contributed by atoms with van der Waals surface area (Å²) >= 11 is 0. The second-order valence-corrected chi connectivity index (χ2v) is 4.74. The molecule has 0 aliphatic carbocycles. The average molecular weight is 262 g/mol. The molecule has 6 nitrogen and oxygen atoms in total. The predicted molar refractivity (Wildman–Crippen MR) is 71.2 cm³/mol. The van der Waals surface area contributed by atoms with Crippen LogP contribution in [0.25, 0.3) is 0 Å². The van der Waals surface area contributed by atoms with Gasteiger partial charge in [-0.3, -0.25) is 0 Å². The minimum atomic E-state index is -1.09. The van der Waals surface area contributed by atoms with Gasteiger partial charge in [-0.2, -0.15) is 5.26 Å². The number of hydrogen-bond donors (Lipinski definition) is 1. The van der Waals surface area contributed by atoms with E-state index in [2.05, 4.69) is 16.0 Å². The molecule has 0 aliphatic heterocycles. The fourth-order valence-electron chi connectivity index (χ4n) is 1.59. The predicted octanol–water partition coefficient (Wildman–Crippen LogP) is 2.04. The summed E-state index contributed by atoms with van der Waals surface area (Å²) in [7, 11) is 1.74. The number of rotatable bonds is 5. The lowest BCUT2D eigenvalue weighted by molar-refractivity contribution is 0.0690. The number of aromatic nitrogens is 2. The molecule has 0 radical (unpaired) electrons. The van der Waals surface area contributed by atoms with Crippen LogP contribution in [0.5, 0.6) is 0 Å². The zero-order valence-corrected chi connectivity index (χ0v) is 11.6. The van der Waals surface area contributed by atoms with Gasteiger partial charge in [-0.15, -0.1) is 0 Å². The van der Waals surface area contributed by atoms with E-state index < -0.39 is 5.97 Å². The Hall–Kier alpha value is -2.16. The topological polar surface area (TPSA) is 90.1 Å². The van der Waals surface area contributed by atoms with E-state index in [1.807, 2.05) is 20.8 Å². The summed E-state index contributed by atoms with van der Waals surface area (Å²) in [4.78, 5) is 21.3. The largest absolute Gasteiger partial charge is 0.476 e. The van der Waals surface area contributed by atoms with Crippen LogP contribution < -0.4 is 4.90 Å². The van der Waals surface area contributed by atoms with Crippen molar-refractivity contribution >= 4 is 11.7 Å². The first-order valence-electron chi connectivity index (χ1n) is 6.08. The summed E-state index contributed by atoms with van der Waals surface area (Å²) in [5, 5.41) is 18.0. The van der Waals surface area contributed by atoms with E-state index in [1.54, 1.807) is 11.9 Å². The quantitative estimate of drug-likeness (QED) is 0.873. The number of nitrogens with zero attached hydrogens (tertiary/aromatic N) is 4. The Morgan fingerprint density at radius 1 is 1.53 bits per heavy atom. The first-order chi connectivity index (χ1) is 8.88. The number of nitriles is 1. The first-order valence-corrected chi connectivity index (χ1v) is 6.08. The number of anilines is 1. The maximum atomic E-state index is 11.3. The molecular formula is C13H18N4O2. The fraction of sp³-hybridized carbons (Fsp3) is 0.538. The average Bonchev–Trinajstić information content (AvgIpc) is 2.37. The summed E-state index contributed by atoms with van der Waals surface area (Å²) in [5.41, 5.74) is 0.408. The zero-order valence-electron chi connectivity index (χ0n) is 11.6. The van der Waals surface area contributed by atoms with E-state index in [0.29, 0.717) is 17.9 Å². The number of hydrogen-bond acceptors (Lipinski definition) is 5. The minimum absolute atomic E-state index is 0.0222. The van der Waals surface area contributed by atoms with Crippen molar-refractivity contribution in [3.05, 3.63) is 17.7 Å². The van der Waals surface area contributed by atoms with Crippen molar-refractivity contribution in [2.24, 2.45) is 0 Å². The van der Waals surface area contributed by atoms with Gasteiger partial charge < -0.3 is 10.0 Å². The third kappa shape index (κ3) is 3.41. The molecule has 0 amide bonds. The van der Waals surface area contributed by atoms with Crippen LogP contribution in [0.3, 0.4) is 0 Å². The maximum absolute atomic E-state index is 11.3. The van der Waals surface area contributed by atoms with Gasteiger partial charge in [0, 0.05) is 19.0 Å². The molecule has 1 aromatic heterocycles. The third-order valence-corrected chi connectivity index (χ3v) is 2.93. The third-order valence-electron chi connectivity index (χ3n) is 2.93. The molecule has 0 saturated heterocycles. The van der Waals surface area contributed by atoms with E-state index in [4.69, 9.17) is 5.26 Å². The minimum Gasteiger partial charge on any atom is -0.476 e. The van der Waals surface area contributed by atoms with Crippen molar-refractivity contribution in [2.45, 2.75) is 39.2 Å². The highest BCUT2D eigenvalue weighted by Gasteiger charge is 2.21. The number of aromatic carboxylic acids is 1. The van der Waals surface area contributed by atoms with Crippen LogP contribution in [0.1, 0.15) is 49.4 Å². The van der Waals surface area contributed by atoms with Crippen LogP contribution in [-0.4, -0.2) is 34.1 Å². The summed E-state index contributed by atoms with van der Waals surface area (Å²) < 4.78 is 0. The van der Waals surface area contributed by atoms with Gasteiger partial charge in [-0.25, -0.2) is 14.8 Å². The lowest BCUT2D eigenvalue weighted by atomic mass is 10.1. The molecule has 1 N–H and O–H groups in total. The molecule has 0 aliphatic rings. The van der Waals surface area contributed by atoms with Gasteiger partial charge >= 0.3 is 5.97 Å². The standard InChI is InChI=1S/C13H18N4O2/c1-8(2)12-15-7-10(11(16-12)13(18)19)17(4)9(3)5-6-14/h7-9H,5H2,1-4H3,(H,18,19). The second-order valence-electron chi connectivity index (χ2n) is 4.74. The van der Waals surface area contributed by atoms with Crippen LogP contribution >= 0.6 is 0 Å². The molecule has 1 aromatic rings. The van der Waals surface area contributed by atoms with Gasteiger partial charge in [-0.1, -0.05) is 13.8 Å². The molecule has 1 unspecified atom stereocenters. The van der Waals surface area contributed by atoms with Gasteiger partial charge in [0.25, 0.3) is 0 Å². The monoisotopic (exact) mass is 262 g/mol. The Kier molecular flexibility index (Phi) is 4.81. The molecule has 0 saturated carbocycles. The van der Waals surface area contributed by atoms with E-state index in [0.717, 1.165) is 0 Å². The zero-order chi connectivity index (χ0) is 14.6. The fourth-order valence-corrected chi connectivity index (χ4v) is 1.59. The molecule has 0 bridgehead atoms. The van der Waals surface area contributed by atoms with Crippen LogP contribution in [0.15, 0.2) is 6.20 Å². The molecule has 6 heteroatoms. The molecule has 19 heavy (non-hydrogen) atoms. The van der Waals surface area contributed by atoms with Crippen LogP contribution in [0, 0.1) is 11.3 Å². The van der Waals surface area contributed by atoms with Gasteiger partial charge in [0.15, 0.2) is 5.69 Å².